The van der Waals surface area contributed by atoms with Crippen LogP contribution < -0.4 is 15.4 Å². The van der Waals surface area contributed by atoms with Crippen molar-refractivity contribution in [1.82, 2.24) is 0 Å². The molecule has 2 aromatic rings. The van der Waals surface area contributed by atoms with E-state index in [1.54, 1.807) is 43.5 Å². The summed E-state index contributed by atoms with van der Waals surface area (Å²) < 4.78 is 5.27. The number of carbonyl (C=O) groups is 2. The van der Waals surface area contributed by atoms with E-state index in [9.17, 15) is 9.59 Å². The molecule has 0 saturated carbocycles. The second-order valence-electron chi connectivity index (χ2n) is 5.10. The van der Waals surface area contributed by atoms with Gasteiger partial charge in [0.25, 0.3) is 5.91 Å². The van der Waals surface area contributed by atoms with Crippen molar-refractivity contribution in [3.63, 3.8) is 0 Å². The Morgan fingerprint density at radius 2 is 1.74 bits per heavy atom. The predicted octanol–water partition coefficient (Wildman–Crippen LogP) is 3.47. The van der Waals surface area contributed by atoms with Crippen molar-refractivity contribution in [2.75, 3.05) is 17.7 Å². The molecule has 5 nitrogen and oxygen atoms in total. The van der Waals surface area contributed by atoms with Crippen LogP contribution in [0.3, 0.4) is 0 Å². The molecule has 2 rings (SSSR count). The first-order valence-corrected chi connectivity index (χ1v) is 7.39. The minimum atomic E-state index is -0.206. The van der Waals surface area contributed by atoms with Gasteiger partial charge in [-0.3, -0.25) is 9.59 Å². The fourth-order valence-corrected chi connectivity index (χ4v) is 2.28. The maximum Gasteiger partial charge on any atom is 0.255 e. The number of carbonyl (C=O) groups excluding carboxylic acids is 2. The Morgan fingerprint density at radius 1 is 1.04 bits per heavy atom. The van der Waals surface area contributed by atoms with Crippen molar-refractivity contribution < 1.29 is 14.3 Å². The van der Waals surface area contributed by atoms with Gasteiger partial charge in [-0.15, -0.1) is 0 Å². The van der Waals surface area contributed by atoms with Crippen LogP contribution in [0.1, 0.15) is 29.8 Å². The van der Waals surface area contributed by atoms with Crippen LogP contribution in [0, 0.1) is 0 Å². The van der Waals surface area contributed by atoms with Crippen molar-refractivity contribution in [3.05, 3.63) is 53.6 Å². The number of amides is 2. The van der Waals surface area contributed by atoms with Gasteiger partial charge in [0, 0.05) is 23.9 Å². The van der Waals surface area contributed by atoms with E-state index >= 15 is 0 Å². The Labute approximate surface area is 135 Å². The lowest BCUT2D eigenvalue weighted by Gasteiger charge is -2.11. The van der Waals surface area contributed by atoms with Gasteiger partial charge in [0.2, 0.25) is 5.91 Å². The molecule has 2 N–H and O–H groups in total. The summed E-state index contributed by atoms with van der Waals surface area (Å²) in [5, 5.41) is 5.51. The number of aryl methyl sites for hydroxylation is 1. The number of nitrogens with one attached hydrogen (secondary N) is 2. The molecule has 0 atom stereocenters. The van der Waals surface area contributed by atoms with Crippen molar-refractivity contribution in [3.8, 4) is 5.75 Å². The summed E-state index contributed by atoms with van der Waals surface area (Å²) >= 11 is 0. The third-order valence-corrected chi connectivity index (χ3v) is 3.36. The van der Waals surface area contributed by atoms with Gasteiger partial charge in [-0.2, -0.15) is 0 Å². The average Bonchev–Trinajstić information content (AvgIpc) is 2.53. The lowest BCUT2D eigenvalue weighted by molar-refractivity contribution is -0.114. The third kappa shape index (κ3) is 4.32. The van der Waals surface area contributed by atoms with Crippen molar-refractivity contribution in [1.29, 1.82) is 0 Å². The topological polar surface area (TPSA) is 67.4 Å². The molecule has 0 saturated heterocycles. The molecule has 5 heteroatoms. The first kappa shape index (κ1) is 16.5. The molecule has 0 aliphatic rings. The van der Waals surface area contributed by atoms with Gasteiger partial charge in [0.15, 0.2) is 0 Å². The number of methoxy groups -OCH3 is 1. The molecule has 0 aliphatic carbocycles. The van der Waals surface area contributed by atoms with Crippen LogP contribution in [-0.4, -0.2) is 18.9 Å². The molecule has 0 heterocycles. The highest BCUT2D eigenvalue weighted by Gasteiger charge is 2.10. The Hall–Kier alpha value is -2.82. The molecule has 0 aromatic heterocycles. The van der Waals surface area contributed by atoms with Crippen LogP contribution in [0.4, 0.5) is 11.4 Å². The highest BCUT2D eigenvalue weighted by atomic mass is 16.5. The van der Waals surface area contributed by atoms with Crippen LogP contribution in [-0.2, 0) is 11.2 Å². The fraction of sp³-hybridized carbons (Fsp3) is 0.222. The summed E-state index contributed by atoms with van der Waals surface area (Å²) in [6.45, 7) is 3.45. The maximum atomic E-state index is 12.4. The van der Waals surface area contributed by atoms with Crippen LogP contribution in [0.2, 0.25) is 0 Å². The highest BCUT2D eigenvalue weighted by Crippen LogP contribution is 2.21. The Morgan fingerprint density at radius 3 is 2.35 bits per heavy atom. The minimum absolute atomic E-state index is 0.156. The summed E-state index contributed by atoms with van der Waals surface area (Å²) in [4.78, 5) is 23.5. The number of anilines is 2. The molecule has 0 spiro atoms. The summed E-state index contributed by atoms with van der Waals surface area (Å²) in [7, 11) is 1.61. The monoisotopic (exact) mass is 312 g/mol. The fourth-order valence-electron chi connectivity index (χ4n) is 2.28. The van der Waals surface area contributed by atoms with Gasteiger partial charge in [-0.1, -0.05) is 13.0 Å². The van der Waals surface area contributed by atoms with Gasteiger partial charge in [0.05, 0.1) is 7.11 Å². The lowest BCUT2D eigenvalue weighted by Crippen LogP contribution is -2.13. The van der Waals surface area contributed by atoms with Gasteiger partial charge in [-0.25, -0.2) is 0 Å². The maximum absolute atomic E-state index is 12.4. The number of ether oxygens (including phenoxy) is 1. The lowest BCUT2D eigenvalue weighted by atomic mass is 10.1. The third-order valence-electron chi connectivity index (χ3n) is 3.36. The number of hydrogen-bond acceptors (Lipinski definition) is 3. The van der Waals surface area contributed by atoms with Crippen molar-refractivity contribution in [2.24, 2.45) is 0 Å². The molecule has 0 radical (unpaired) electrons. The van der Waals surface area contributed by atoms with Crippen molar-refractivity contribution >= 4 is 23.2 Å². The van der Waals surface area contributed by atoms with Gasteiger partial charge in [0.1, 0.15) is 5.75 Å². The van der Waals surface area contributed by atoms with E-state index < -0.39 is 0 Å². The molecule has 2 aromatic carbocycles. The normalized spacial score (nSPS) is 10.0. The summed E-state index contributed by atoms with van der Waals surface area (Å²) in [6, 6.07) is 12.4. The molecular weight excluding hydrogens is 292 g/mol. The van der Waals surface area contributed by atoms with E-state index in [4.69, 9.17) is 4.74 Å². The van der Waals surface area contributed by atoms with Crippen LogP contribution in [0.25, 0.3) is 0 Å². The smallest absolute Gasteiger partial charge is 0.255 e. The molecule has 0 fully saturated rings. The molecule has 23 heavy (non-hydrogen) atoms. The second kappa shape index (κ2) is 7.45. The Kier molecular flexibility index (Phi) is 5.36. The first-order chi connectivity index (χ1) is 11.0. The SMILES string of the molecule is CCc1cc(C(=O)Nc2cccc(NC(C)=O)c2)ccc1OC. The van der Waals surface area contributed by atoms with Gasteiger partial charge >= 0.3 is 0 Å². The van der Waals surface area contributed by atoms with Crippen LogP contribution in [0.15, 0.2) is 42.5 Å². The highest BCUT2D eigenvalue weighted by molar-refractivity contribution is 6.05. The van der Waals surface area contributed by atoms with E-state index in [2.05, 4.69) is 10.6 Å². The molecule has 0 aliphatic heterocycles. The minimum Gasteiger partial charge on any atom is -0.496 e. The molecule has 0 bridgehead atoms. The Balaban J connectivity index is 2.17. The van der Waals surface area contributed by atoms with Gasteiger partial charge < -0.3 is 15.4 Å². The van der Waals surface area contributed by atoms with E-state index in [1.165, 1.54) is 6.92 Å². The molecule has 2 amide bonds. The summed E-state index contributed by atoms with van der Waals surface area (Å²) in [5.74, 6) is 0.412. The number of rotatable bonds is 5. The van der Waals surface area contributed by atoms with E-state index in [1.807, 2.05) is 13.0 Å². The molecule has 0 unspecified atom stereocenters. The zero-order chi connectivity index (χ0) is 16.8. The summed E-state index contributed by atoms with van der Waals surface area (Å²) in [6.07, 6.45) is 0.780. The first-order valence-electron chi connectivity index (χ1n) is 7.39. The van der Waals surface area contributed by atoms with E-state index in [-0.39, 0.29) is 11.8 Å². The second-order valence-corrected chi connectivity index (χ2v) is 5.10. The van der Waals surface area contributed by atoms with Gasteiger partial charge in [-0.05, 0) is 48.4 Å². The van der Waals surface area contributed by atoms with Crippen molar-refractivity contribution in [2.45, 2.75) is 20.3 Å². The molecule has 120 valence electrons. The molecular formula is C18H20N2O3. The van der Waals surface area contributed by atoms with Crippen LogP contribution in [0.5, 0.6) is 5.75 Å². The predicted molar refractivity (Wildman–Crippen MR) is 91.1 cm³/mol. The average molecular weight is 312 g/mol. The zero-order valence-electron chi connectivity index (χ0n) is 13.5. The standard InChI is InChI=1S/C18H20N2O3/c1-4-13-10-14(8-9-17(13)23-3)18(22)20-16-7-5-6-15(11-16)19-12(2)21/h5-11H,4H2,1-3H3,(H,19,21)(H,20,22). The number of benzene rings is 2. The van der Waals surface area contributed by atoms with E-state index in [0.717, 1.165) is 17.7 Å². The largest absolute Gasteiger partial charge is 0.496 e. The quantitative estimate of drug-likeness (QED) is 0.888. The zero-order valence-corrected chi connectivity index (χ0v) is 13.5. The Bertz CT molecular complexity index is 726. The van der Waals surface area contributed by atoms with E-state index in [0.29, 0.717) is 16.9 Å². The van der Waals surface area contributed by atoms with Crippen LogP contribution >= 0.6 is 0 Å². The number of hydrogen-bond donors (Lipinski definition) is 2. The summed E-state index contributed by atoms with van der Waals surface area (Å²) in [5.41, 5.74) is 2.80.